The number of likely N-dealkylation sites (tertiary alicyclic amines) is 1. The summed E-state index contributed by atoms with van der Waals surface area (Å²) in [5, 5.41) is 3.62. The lowest BCUT2D eigenvalue weighted by Gasteiger charge is -2.29. The highest BCUT2D eigenvalue weighted by molar-refractivity contribution is 6.31. The zero-order valence-corrected chi connectivity index (χ0v) is 18.5. The lowest BCUT2D eigenvalue weighted by Crippen LogP contribution is -2.37. The molecule has 2 aliphatic rings. The van der Waals surface area contributed by atoms with Gasteiger partial charge in [-0.25, -0.2) is 0 Å². The first-order chi connectivity index (χ1) is 15.1. The van der Waals surface area contributed by atoms with Gasteiger partial charge in [-0.2, -0.15) is 0 Å². The highest BCUT2D eigenvalue weighted by Gasteiger charge is 2.29. The van der Waals surface area contributed by atoms with E-state index in [1.165, 1.54) is 0 Å². The number of amides is 2. The smallest absolute Gasteiger partial charge is 0.253 e. The van der Waals surface area contributed by atoms with Crippen LogP contribution < -0.4 is 15.0 Å². The third kappa shape index (κ3) is 4.70. The maximum atomic E-state index is 13.2. The summed E-state index contributed by atoms with van der Waals surface area (Å²) in [5.74, 6) is 0.647. The molecule has 2 aromatic rings. The molecule has 2 amide bonds. The Morgan fingerprint density at radius 1 is 1.13 bits per heavy atom. The quantitative estimate of drug-likeness (QED) is 0.704. The van der Waals surface area contributed by atoms with Crippen molar-refractivity contribution in [2.45, 2.75) is 31.7 Å². The van der Waals surface area contributed by atoms with Gasteiger partial charge in [-0.05, 0) is 56.6 Å². The van der Waals surface area contributed by atoms with Gasteiger partial charge in [-0.3, -0.25) is 14.5 Å². The van der Waals surface area contributed by atoms with Gasteiger partial charge in [0.1, 0.15) is 5.75 Å². The molecule has 2 aromatic carbocycles. The third-order valence-corrected chi connectivity index (χ3v) is 6.34. The van der Waals surface area contributed by atoms with Gasteiger partial charge in [0.25, 0.3) is 5.91 Å². The number of carbonyl (C=O) groups is 2. The fourth-order valence-corrected chi connectivity index (χ4v) is 4.70. The second-order valence-electron chi connectivity index (χ2n) is 8.02. The summed E-state index contributed by atoms with van der Waals surface area (Å²) in [6.07, 6.45) is 3.59. The summed E-state index contributed by atoms with van der Waals surface area (Å²) < 4.78 is 5.59. The van der Waals surface area contributed by atoms with Crippen LogP contribution in [0.15, 0.2) is 42.5 Å². The number of hydrogen-bond acceptors (Lipinski definition) is 4. The van der Waals surface area contributed by atoms with E-state index in [1.54, 1.807) is 30.2 Å². The molecule has 2 saturated heterocycles. The average molecular weight is 442 g/mol. The summed E-state index contributed by atoms with van der Waals surface area (Å²) in [5.41, 5.74) is 2.13. The Balaban J connectivity index is 1.57. The van der Waals surface area contributed by atoms with Crippen LogP contribution in [0.3, 0.4) is 0 Å². The van der Waals surface area contributed by atoms with Crippen LogP contribution in [-0.4, -0.2) is 50.0 Å². The van der Waals surface area contributed by atoms with E-state index < -0.39 is 0 Å². The summed E-state index contributed by atoms with van der Waals surface area (Å²) in [6.45, 7) is 3.05. The van der Waals surface area contributed by atoms with Crippen molar-refractivity contribution in [1.29, 1.82) is 0 Å². The number of carbonyl (C=O) groups excluding carboxylic acids is 2. The van der Waals surface area contributed by atoms with Gasteiger partial charge in [0.2, 0.25) is 5.91 Å². The van der Waals surface area contributed by atoms with Gasteiger partial charge in [-0.1, -0.05) is 29.8 Å². The predicted molar refractivity (Wildman–Crippen MR) is 122 cm³/mol. The second-order valence-corrected chi connectivity index (χ2v) is 8.46. The molecule has 0 bridgehead atoms. The lowest BCUT2D eigenvalue weighted by atomic mass is 10.0. The van der Waals surface area contributed by atoms with Crippen molar-refractivity contribution in [2.75, 3.05) is 38.2 Å². The number of benzene rings is 2. The number of nitrogens with zero attached hydrogens (tertiary/aromatic N) is 2. The summed E-state index contributed by atoms with van der Waals surface area (Å²) >= 11 is 6.18. The monoisotopic (exact) mass is 441 g/mol. The molecule has 0 radical (unpaired) electrons. The van der Waals surface area contributed by atoms with Crippen molar-refractivity contribution in [3.63, 3.8) is 0 Å². The Labute approximate surface area is 188 Å². The van der Waals surface area contributed by atoms with Crippen LogP contribution in [0.5, 0.6) is 5.75 Å². The normalized spacial score (nSPS) is 17.7. The van der Waals surface area contributed by atoms with Crippen LogP contribution in [0, 0.1) is 0 Å². The van der Waals surface area contributed by atoms with Crippen LogP contribution in [-0.2, 0) is 4.79 Å². The van der Waals surface area contributed by atoms with Crippen LogP contribution >= 0.6 is 11.6 Å². The fourth-order valence-electron chi connectivity index (χ4n) is 4.54. The third-order valence-electron chi connectivity index (χ3n) is 6.10. The van der Waals surface area contributed by atoms with Gasteiger partial charge in [0, 0.05) is 30.1 Å². The van der Waals surface area contributed by atoms with E-state index in [-0.39, 0.29) is 17.9 Å². The summed E-state index contributed by atoms with van der Waals surface area (Å²) in [7, 11) is 1.67. The number of methoxy groups -OCH3 is 1. The number of hydrogen-bond donors (Lipinski definition) is 1. The number of nitrogens with one attached hydrogen (secondary N) is 1. The molecule has 7 heteroatoms. The van der Waals surface area contributed by atoms with Gasteiger partial charge < -0.3 is 15.0 Å². The van der Waals surface area contributed by atoms with E-state index in [1.807, 2.05) is 18.2 Å². The molecule has 2 fully saturated rings. The molecule has 0 aromatic heterocycles. The van der Waals surface area contributed by atoms with Crippen molar-refractivity contribution in [3.05, 3.63) is 58.6 Å². The zero-order chi connectivity index (χ0) is 21.8. The highest BCUT2D eigenvalue weighted by Crippen LogP contribution is 2.32. The maximum absolute atomic E-state index is 13.2. The van der Waals surface area contributed by atoms with Crippen LogP contribution in [0.4, 0.5) is 5.69 Å². The molecular formula is C24H28ClN3O3. The number of anilines is 1. The molecule has 2 heterocycles. The van der Waals surface area contributed by atoms with Crippen LogP contribution in [0.25, 0.3) is 0 Å². The largest absolute Gasteiger partial charge is 0.496 e. The Bertz CT molecular complexity index is 959. The topological polar surface area (TPSA) is 61.9 Å². The van der Waals surface area contributed by atoms with Crippen molar-refractivity contribution >= 4 is 29.1 Å². The van der Waals surface area contributed by atoms with Crippen molar-refractivity contribution < 1.29 is 14.3 Å². The van der Waals surface area contributed by atoms with E-state index >= 15 is 0 Å². The molecule has 1 unspecified atom stereocenters. The Morgan fingerprint density at radius 2 is 1.90 bits per heavy atom. The van der Waals surface area contributed by atoms with Crippen molar-refractivity contribution in [1.82, 2.24) is 10.2 Å². The molecule has 164 valence electrons. The molecule has 2 aliphatic heterocycles. The van der Waals surface area contributed by atoms with E-state index in [4.69, 9.17) is 16.3 Å². The predicted octanol–water partition coefficient (Wildman–Crippen LogP) is 4.04. The lowest BCUT2D eigenvalue weighted by molar-refractivity contribution is -0.117. The SMILES string of the molecule is COc1ccccc1C(CNC(=O)c1ccc(Cl)cc1N1CCCC1=O)N1CCCC1. The van der Waals surface area contributed by atoms with E-state index in [2.05, 4.69) is 16.3 Å². The van der Waals surface area contributed by atoms with Gasteiger partial charge in [-0.15, -0.1) is 0 Å². The van der Waals surface area contributed by atoms with Gasteiger partial charge in [0.15, 0.2) is 0 Å². The summed E-state index contributed by atoms with van der Waals surface area (Å²) in [6, 6.07) is 13.1. The molecule has 4 rings (SSSR count). The highest BCUT2D eigenvalue weighted by atomic mass is 35.5. The molecule has 1 N–H and O–H groups in total. The maximum Gasteiger partial charge on any atom is 0.253 e. The van der Waals surface area contributed by atoms with E-state index in [0.717, 1.165) is 43.7 Å². The molecule has 0 aliphatic carbocycles. The standard InChI is InChI=1S/C24H28ClN3O3/c1-31-22-8-3-2-7-18(22)21(27-12-4-5-13-27)16-26-24(30)19-11-10-17(25)15-20(19)28-14-6-9-23(28)29/h2-3,7-8,10-11,15,21H,4-6,9,12-14,16H2,1H3,(H,26,30). The minimum Gasteiger partial charge on any atom is -0.496 e. The van der Waals surface area contributed by atoms with Gasteiger partial charge >= 0.3 is 0 Å². The summed E-state index contributed by atoms with van der Waals surface area (Å²) in [4.78, 5) is 29.5. The van der Waals surface area contributed by atoms with Crippen LogP contribution in [0.1, 0.15) is 47.6 Å². The second kappa shape index (κ2) is 9.71. The number of rotatable bonds is 7. The minimum absolute atomic E-state index is 0.0202. The first kappa shape index (κ1) is 21.7. The molecule has 31 heavy (non-hydrogen) atoms. The Morgan fingerprint density at radius 3 is 2.61 bits per heavy atom. The van der Waals surface area contributed by atoms with Gasteiger partial charge in [0.05, 0.1) is 24.4 Å². The van der Waals surface area contributed by atoms with E-state index in [0.29, 0.717) is 35.8 Å². The Kier molecular flexibility index (Phi) is 6.78. The van der Waals surface area contributed by atoms with Crippen LogP contribution in [0.2, 0.25) is 5.02 Å². The average Bonchev–Trinajstić information content (AvgIpc) is 3.46. The molecular weight excluding hydrogens is 414 g/mol. The minimum atomic E-state index is -0.203. The van der Waals surface area contributed by atoms with Crippen molar-refractivity contribution in [2.24, 2.45) is 0 Å². The molecule has 0 saturated carbocycles. The number of ether oxygens (including phenoxy) is 1. The first-order valence-corrected chi connectivity index (χ1v) is 11.2. The van der Waals surface area contributed by atoms with Crippen molar-refractivity contribution in [3.8, 4) is 5.75 Å². The zero-order valence-electron chi connectivity index (χ0n) is 17.8. The molecule has 0 spiro atoms. The number of halogens is 1. The first-order valence-electron chi connectivity index (χ1n) is 10.8. The number of para-hydroxylation sites is 1. The Hall–Kier alpha value is -2.57. The molecule has 6 nitrogen and oxygen atoms in total. The molecule has 1 atom stereocenters. The van der Waals surface area contributed by atoms with E-state index in [9.17, 15) is 9.59 Å². The fraction of sp³-hybridized carbons (Fsp3) is 0.417.